The minimum absolute atomic E-state index is 0.534. The minimum Gasteiger partial charge on any atom is -0.495 e. The molecule has 2 aromatic rings. The first-order valence-electron chi connectivity index (χ1n) is 5.96. The van der Waals surface area contributed by atoms with Crippen LogP contribution < -0.4 is 15.8 Å². The molecule has 0 fully saturated rings. The number of aryl methyl sites for hydroxylation is 1. The summed E-state index contributed by atoms with van der Waals surface area (Å²) in [6, 6.07) is 10.8. The molecule has 0 spiro atoms. The molecule has 5 heteroatoms. The van der Waals surface area contributed by atoms with Crippen LogP contribution in [-0.2, 0) is 0 Å². The van der Waals surface area contributed by atoms with Gasteiger partial charge in [0.25, 0.3) is 0 Å². The zero-order valence-electron chi connectivity index (χ0n) is 11.2. The third-order valence-electron chi connectivity index (χ3n) is 2.93. The molecule has 2 rings (SSSR count). The molecule has 2 aromatic carbocycles. The molecule has 0 aliphatic rings. The number of nitrogens with two attached hydrogens (primary N) is 1. The van der Waals surface area contributed by atoms with Crippen molar-refractivity contribution in [3.8, 4) is 11.8 Å². The number of nitrogens with one attached hydrogen (secondary N) is 1. The fourth-order valence-electron chi connectivity index (χ4n) is 1.81. The standard InChI is InChI=1S/C15H14ClN3O/c1-9-5-14(15(20-2)7-11(9)16)19-13-6-10(8-17)3-4-12(13)18/h3-7,19H,18H2,1-2H3. The van der Waals surface area contributed by atoms with Crippen LogP contribution in [0.25, 0.3) is 0 Å². The molecular weight excluding hydrogens is 274 g/mol. The Labute approximate surface area is 122 Å². The number of nitrogens with zero attached hydrogens (tertiary/aromatic N) is 1. The number of rotatable bonds is 3. The number of hydrogen-bond acceptors (Lipinski definition) is 4. The van der Waals surface area contributed by atoms with Crippen LogP contribution in [0.3, 0.4) is 0 Å². The summed E-state index contributed by atoms with van der Waals surface area (Å²) >= 11 is 6.07. The maximum atomic E-state index is 8.94. The maximum Gasteiger partial charge on any atom is 0.143 e. The fourth-order valence-corrected chi connectivity index (χ4v) is 1.96. The van der Waals surface area contributed by atoms with Gasteiger partial charge < -0.3 is 15.8 Å². The molecule has 0 radical (unpaired) electrons. The molecule has 0 amide bonds. The average Bonchev–Trinajstić information content (AvgIpc) is 2.44. The molecule has 20 heavy (non-hydrogen) atoms. The van der Waals surface area contributed by atoms with Gasteiger partial charge in [-0.1, -0.05) is 11.6 Å². The largest absolute Gasteiger partial charge is 0.495 e. The van der Waals surface area contributed by atoms with Gasteiger partial charge in [0.15, 0.2) is 0 Å². The van der Waals surface area contributed by atoms with E-state index in [2.05, 4.69) is 11.4 Å². The van der Waals surface area contributed by atoms with Crippen molar-refractivity contribution in [3.05, 3.63) is 46.5 Å². The molecule has 0 aliphatic heterocycles. The van der Waals surface area contributed by atoms with Crippen LogP contribution in [0.5, 0.6) is 5.75 Å². The lowest BCUT2D eigenvalue weighted by Gasteiger charge is -2.14. The van der Waals surface area contributed by atoms with E-state index in [9.17, 15) is 0 Å². The van der Waals surface area contributed by atoms with E-state index < -0.39 is 0 Å². The summed E-state index contributed by atoms with van der Waals surface area (Å²) in [6.07, 6.45) is 0. The quantitative estimate of drug-likeness (QED) is 0.841. The monoisotopic (exact) mass is 287 g/mol. The SMILES string of the molecule is COc1cc(Cl)c(C)cc1Nc1cc(C#N)ccc1N. The van der Waals surface area contributed by atoms with Crippen molar-refractivity contribution in [1.82, 2.24) is 0 Å². The maximum absolute atomic E-state index is 8.94. The molecule has 0 saturated heterocycles. The van der Waals surface area contributed by atoms with Crippen LogP contribution in [0.2, 0.25) is 5.02 Å². The van der Waals surface area contributed by atoms with Gasteiger partial charge in [-0.05, 0) is 36.8 Å². The van der Waals surface area contributed by atoms with Crippen molar-refractivity contribution in [1.29, 1.82) is 5.26 Å². The lowest BCUT2D eigenvalue weighted by atomic mass is 10.1. The Kier molecular flexibility index (Phi) is 4.02. The highest BCUT2D eigenvalue weighted by Gasteiger charge is 2.09. The van der Waals surface area contributed by atoms with Gasteiger partial charge >= 0.3 is 0 Å². The second-order valence-electron chi connectivity index (χ2n) is 4.34. The summed E-state index contributed by atoms with van der Waals surface area (Å²) in [5.41, 5.74) is 9.32. The average molecular weight is 288 g/mol. The van der Waals surface area contributed by atoms with Crippen LogP contribution in [-0.4, -0.2) is 7.11 Å². The van der Waals surface area contributed by atoms with Gasteiger partial charge in [0.2, 0.25) is 0 Å². The summed E-state index contributed by atoms with van der Waals surface area (Å²) in [6.45, 7) is 1.90. The van der Waals surface area contributed by atoms with Gasteiger partial charge in [0.1, 0.15) is 5.75 Å². The van der Waals surface area contributed by atoms with Crippen LogP contribution in [0.4, 0.5) is 17.1 Å². The van der Waals surface area contributed by atoms with Gasteiger partial charge in [-0.25, -0.2) is 0 Å². The van der Waals surface area contributed by atoms with Gasteiger partial charge in [0, 0.05) is 11.1 Å². The molecule has 3 N–H and O–H groups in total. The van der Waals surface area contributed by atoms with Crippen molar-refractivity contribution in [3.63, 3.8) is 0 Å². The zero-order chi connectivity index (χ0) is 14.7. The van der Waals surface area contributed by atoms with E-state index in [0.717, 1.165) is 11.3 Å². The smallest absolute Gasteiger partial charge is 0.143 e. The van der Waals surface area contributed by atoms with Crippen molar-refractivity contribution < 1.29 is 4.74 Å². The third kappa shape index (κ3) is 2.79. The van der Waals surface area contributed by atoms with Crippen molar-refractivity contribution in [2.24, 2.45) is 0 Å². The van der Waals surface area contributed by atoms with Crippen LogP contribution in [0, 0.1) is 18.3 Å². The predicted octanol–water partition coefficient (Wildman–Crippen LogP) is 3.85. The second kappa shape index (κ2) is 5.72. The Bertz CT molecular complexity index is 692. The number of nitrogen functional groups attached to an aromatic ring is 1. The number of benzene rings is 2. The third-order valence-corrected chi connectivity index (χ3v) is 3.34. The Hall–Kier alpha value is -2.38. The number of anilines is 3. The molecule has 0 unspecified atom stereocenters. The number of ether oxygens (including phenoxy) is 1. The first-order chi connectivity index (χ1) is 9.55. The van der Waals surface area contributed by atoms with E-state index in [1.165, 1.54) is 0 Å². The van der Waals surface area contributed by atoms with E-state index in [4.69, 9.17) is 27.3 Å². The highest BCUT2D eigenvalue weighted by atomic mass is 35.5. The molecule has 0 bridgehead atoms. The Morgan fingerprint density at radius 3 is 2.65 bits per heavy atom. The predicted molar refractivity (Wildman–Crippen MR) is 81.6 cm³/mol. The van der Waals surface area contributed by atoms with Gasteiger partial charge in [-0.3, -0.25) is 0 Å². The molecule has 0 atom stereocenters. The molecule has 0 saturated carbocycles. The van der Waals surface area contributed by atoms with Gasteiger partial charge in [0.05, 0.1) is 35.8 Å². The highest BCUT2D eigenvalue weighted by Crippen LogP contribution is 2.34. The van der Waals surface area contributed by atoms with Crippen LogP contribution in [0.15, 0.2) is 30.3 Å². The molecule has 4 nitrogen and oxygen atoms in total. The Balaban J connectivity index is 2.44. The number of nitriles is 1. The topological polar surface area (TPSA) is 71.1 Å². The summed E-state index contributed by atoms with van der Waals surface area (Å²) in [5.74, 6) is 0.613. The Morgan fingerprint density at radius 1 is 1.25 bits per heavy atom. The second-order valence-corrected chi connectivity index (χ2v) is 4.75. The number of methoxy groups -OCH3 is 1. The number of halogens is 1. The molecule has 0 heterocycles. The van der Waals surface area contributed by atoms with E-state index in [1.54, 1.807) is 31.4 Å². The fraction of sp³-hybridized carbons (Fsp3) is 0.133. The Morgan fingerprint density at radius 2 is 2.00 bits per heavy atom. The first kappa shape index (κ1) is 14.0. The summed E-state index contributed by atoms with van der Waals surface area (Å²) in [4.78, 5) is 0. The lowest BCUT2D eigenvalue weighted by molar-refractivity contribution is 0.417. The normalized spacial score (nSPS) is 9.90. The molecule has 0 aromatic heterocycles. The molecular formula is C15H14ClN3O. The van der Waals surface area contributed by atoms with Gasteiger partial charge in [-0.15, -0.1) is 0 Å². The van der Waals surface area contributed by atoms with E-state index >= 15 is 0 Å². The number of hydrogen-bond donors (Lipinski definition) is 2. The van der Waals surface area contributed by atoms with Crippen LogP contribution >= 0.6 is 11.6 Å². The molecule has 102 valence electrons. The van der Waals surface area contributed by atoms with E-state index in [0.29, 0.717) is 27.7 Å². The van der Waals surface area contributed by atoms with Crippen molar-refractivity contribution >= 4 is 28.7 Å². The van der Waals surface area contributed by atoms with Crippen LogP contribution in [0.1, 0.15) is 11.1 Å². The lowest BCUT2D eigenvalue weighted by Crippen LogP contribution is -1.99. The van der Waals surface area contributed by atoms with E-state index in [1.807, 2.05) is 13.0 Å². The summed E-state index contributed by atoms with van der Waals surface area (Å²) in [5, 5.41) is 12.7. The minimum atomic E-state index is 0.534. The highest BCUT2D eigenvalue weighted by molar-refractivity contribution is 6.31. The summed E-state index contributed by atoms with van der Waals surface area (Å²) in [7, 11) is 1.57. The molecule has 0 aliphatic carbocycles. The zero-order valence-corrected chi connectivity index (χ0v) is 12.0. The van der Waals surface area contributed by atoms with Gasteiger partial charge in [-0.2, -0.15) is 5.26 Å². The van der Waals surface area contributed by atoms with Crippen molar-refractivity contribution in [2.75, 3.05) is 18.2 Å². The first-order valence-corrected chi connectivity index (χ1v) is 6.33. The van der Waals surface area contributed by atoms with E-state index in [-0.39, 0.29) is 0 Å². The summed E-state index contributed by atoms with van der Waals surface area (Å²) < 4.78 is 5.30. The van der Waals surface area contributed by atoms with Crippen molar-refractivity contribution in [2.45, 2.75) is 6.92 Å².